The molecule has 1 atom stereocenters. The second-order valence-corrected chi connectivity index (χ2v) is 8.27. The Balaban J connectivity index is 1.84. The topological polar surface area (TPSA) is 61.4 Å². The fourth-order valence-corrected chi connectivity index (χ4v) is 4.49. The van der Waals surface area contributed by atoms with Crippen LogP contribution in [0.3, 0.4) is 0 Å². The predicted molar refractivity (Wildman–Crippen MR) is 109 cm³/mol. The Morgan fingerprint density at radius 3 is 2.63 bits per heavy atom. The first-order chi connectivity index (χ1) is 14.0. The van der Waals surface area contributed by atoms with E-state index in [1.807, 2.05) is 31.4 Å². The van der Waals surface area contributed by atoms with Crippen LogP contribution in [0, 0.1) is 13.8 Å². The lowest BCUT2D eigenvalue weighted by Crippen LogP contribution is -2.14. The van der Waals surface area contributed by atoms with Crippen LogP contribution in [-0.4, -0.2) is 44.4 Å². The minimum absolute atomic E-state index is 0.00237. The Morgan fingerprint density at radius 2 is 2.00 bits per heavy atom. The van der Waals surface area contributed by atoms with Crippen molar-refractivity contribution >= 4 is 34.8 Å². The first-order valence-electron chi connectivity index (χ1n) is 8.99. The molecule has 0 saturated heterocycles. The number of carbonyl (C=O) groups is 1. The molecule has 0 saturated carbocycles. The molecule has 0 aromatic carbocycles. The van der Waals surface area contributed by atoms with Gasteiger partial charge in [-0.25, -0.2) is 0 Å². The van der Waals surface area contributed by atoms with Crippen molar-refractivity contribution in [2.24, 2.45) is 0 Å². The van der Waals surface area contributed by atoms with Crippen LogP contribution in [0.1, 0.15) is 40.3 Å². The van der Waals surface area contributed by atoms with Crippen molar-refractivity contribution in [3.05, 3.63) is 45.9 Å². The van der Waals surface area contributed by atoms with Gasteiger partial charge in [0.25, 0.3) is 0 Å². The number of carbonyl (C=O) groups excluding carboxylic acids is 1. The van der Waals surface area contributed by atoms with Crippen LogP contribution in [0.15, 0.2) is 23.5 Å². The quantitative estimate of drug-likeness (QED) is 0.366. The second-order valence-electron chi connectivity index (χ2n) is 6.92. The smallest absolute Gasteiger partial charge is 0.383 e. The Kier molecular flexibility index (Phi) is 6.49. The molecule has 3 aromatic heterocycles. The molecule has 6 nitrogen and oxygen atoms in total. The van der Waals surface area contributed by atoms with Crippen LogP contribution < -0.4 is 0 Å². The van der Waals surface area contributed by atoms with Crippen molar-refractivity contribution in [2.75, 3.05) is 19.5 Å². The number of rotatable bonds is 7. The average Bonchev–Trinajstić information content (AvgIpc) is 3.20. The molecule has 30 heavy (non-hydrogen) atoms. The van der Waals surface area contributed by atoms with Gasteiger partial charge in [-0.1, -0.05) is 23.4 Å². The van der Waals surface area contributed by atoms with Gasteiger partial charge in [-0.3, -0.25) is 9.20 Å². The molecule has 0 radical (unpaired) electrons. The molecule has 162 valence electrons. The average molecular weight is 461 g/mol. The van der Waals surface area contributed by atoms with Gasteiger partial charge in [-0.05, 0) is 32.9 Å². The number of halogens is 4. The molecule has 0 amide bonds. The van der Waals surface area contributed by atoms with Gasteiger partial charge in [0, 0.05) is 30.3 Å². The number of thioether (sulfide) groups is 1. The molecule has 0 N–H and O–H groups in total. The van der Waals surface area contributed by atoms with Crippen LogP contribution in [0.4, 0.5) is 13.2 Å². The lowest BCUT2D eigenvalue weighted by molar-refractivity contribution is -0.137. The fourth-order valence-electron chi connectivity index (χ4n) is 3.45. The van der Waals surface area contributed by atoms with Gasteiger partial charge in [-0.15, -0.1) is 10.2 Å². The molecule has 0 aliphatic rings. The number of alkyl halides is 3. The van der Waals surface area contributed by atoms with Gasteiger partial charge in [0.05, 0.1) is 29.0 Å². The lowest BCUT2D eigenvalue weighted by Gasteiger charge is -2.17. The summed E-state index contributed by atoms with van der Waals surface area (Å²) in [6, 6.07) is 2.68. The van der Waals surface area contributed by atoms with E-state index in [-0.39, 0.29) is 33.4 Å². The number of fused-ring (bicyclic) bond motifs is 1. The molecule has 3 aromatic rings. The maximum atomic E-state index is 13.1. The molecule has 0 aliphatic carbocycles. The Morgan fingerprint density at radius 1 is 1.30 bits per heavy atom. The first-order valence-corrected chi connectivity index (χ1v) is 10.4. The van der Waals surface area contributed by atoms with Crippen molar-refractivity contribution in [2.45, 2.75) is 38.1 Å². The van der Waals surface area contributed by atoms with E-state index in [0.717, 1.165) is 39.8 Å². The van der Waals surface area contributed by atoms with E-state index in [4.69, 9.17) is 16.3 Å². The summed E-state index contributed by atoms with van der Waals surface area (Å²) in [6.45, 7) is 6.28. The molecule has 0 spiro atoms. The predicted octanol–water partition coefficient (Wildman–Crippen LogP) is 5.00. The maximum absolute atomic E-state index is 13.1. The van der Waals surface area contributed by atoms with Crippen LogP contribution in [-0.2, 0) is 10.9 Å². The molecular formula is C19H20ClF3N4O2S. The Labute approximate surface area is 180 Å². The normalized spacial score (nSPS) is 13.2. The van der Waals surface area contributed by atoms with Crippen molar-refractivity contribution in [3.8, 4) is 0 Å². The van der Waals surface area contributed by atoms with Crippen molar-refractivity contribution in [3.63, 3.8) is 0 Å². The van der Waals surface area contributed by atoms with Gasteiger partial charge >= 0.3 is 6.18 Å². The van der Waals surface area contributed by atoms with Gasteiger partial charge < -0.3 is 9.30 Å². The van der Waals surface area contributed by atoms with Gasteiger partial charge in [-0.2, -0.15) is 13.2 Å². The van der Waals surface area contributed by atoms with E-state index in [1.165, 1.54) is 0 Å². The second kappa shape index (κ2) is 8.60. The highest BCUT2D eigenvalue weighted by molar-refractivity contribution is 7.99. The molecular weight excluding hydrogens is 441 g/mol. The summed E-state index contributed by atoms with van der Waals surface area (Å²) in [5.41, 5.74) is 1.50. The highest BCUT2D eigenvalue weighted by Crippen LogP contribution is 2.33. The number of hydrogen-bond acceptors (Lipinski definition) is 5. The zero-order valence-corrected chi connectivity index (χ0v) is 18.3. The summed E-state index contributed by atoms with van der Waals surface area (Å²) >= 11 is 6.93. The van der Waals surface area contributed by atoms with E-state index in [0.29, 0.717) is 12.2 Å². The number of nitrogens with zero attached hydrogens (tertiary/aromatic N) is 4. The molecule has 3 rings (SSSR count). The van der Waals surface area contributed by atoms with Crippen LogP contribution >= 0.6 is 23.4 Å². The zero-order chi connectivity index (χ0) is 22.2. The molecule has 0 bridgehead atoms. The summed E-state index contributed by atoms with van der Waals surface area (Å²) < 4.78 is 47.7. The number of hydrogen-bond donors (Lipinski definition) is 0. The Hall–Kier alpha value is -2.04. The van der Waals surface area contributed by atoms with Crippen molar-refractivity contribution in [1.29, 1.82) is 0 Å². The number of pyridine rings is 1. The summed E-state index contributed by atoms with van der Waals surface area (Å²) in [5.74, 6) is -0.156. The van der Waals surface area contributed by atoms with Gasteiger partial charge in [0.15, 0.2) is 16.6 Å². The number of ketones is 1. The summed E-state index contributed by atoms with van der Waals surface area (Å²) in [7, 11) is 1.62. The number of methoxy groups -OCH3 is 1. The lowest BCUT2D eigenvalue weighted by atomic mass is 10.2. The van der Waals surface area contributed by atoms with Gasteiger partial charge in [0.1, 0.15) is 0 Å². The number of Topliss-reactive ketones (excluding diaryl/α,β-unsaturated/α-hetero) is 1. The van der Waals surface area contributed by atoms with Crippen LogP contribution in [0.25, 0.3) is 5.65 Å². The SMILES string of the molecule is COC[C@@H](C)n1c(C)cc(C(=O)CSc2nnc3c(Cl)cc(C(F)(F)F)cn23)c1C. The molecule has 0 aliphatic heterocycles. The maximum Gasteiger partial charge on any atom is 0.417 e. The third kappa shape index (κ3) is 4.35. The van der Waals surface area contributed by atoms with E-state index in [1.54, 1.807) is 7.11 Å². The van der Waals surface area contributed by atoms with Crippen molar-refractivity contribution in [1.82, 2.24) is 19.2 Å². The monoisotopic (exact) mass is 460 g/mol. The van der Waals surface area contributed by atoms with Crippen LogP contribution in [0.5, 0.6) is 0 Å². The third-order valence-corrected chi connectivity index (χ3v) is 5.94. The molecule has 3 heterocycles. The summed E-state index contributed by atoms with van der Waals surface area (Å²) in [4.78, 5) is 12.8. The third-order valence-electron chi connectivity index (χ3n) is 4.72. The largest absolute Gasteiger partial charge is 0.417 e. The van der Waals surface area contributed by atoms with E-state index in [9.17, 15) is 18.0 Å². The molecule has 0 unspecified atom stereocenters. The highest BCUT2D eigenvalue weighted by Gasteiger charge is 2.32. The summed E-state index contributed by atoms with van der Waals surface area (Å²) in [5, 5.41) is 7.73. The Bertz CT molecular complexity index is 1090. The molecule has 0 fully saturated rings. The van der Waals surface area contributed by atoms with E-state index >= 15 is 0 Å². The zero-order valence-electron chi connectivity index (χ0n) is 16.7. The summed E-state index contributed by atoms with van der Waals surface area (Å²) in [6.07, 6.45) is -3.68. The fraction of sp³-hybridized carbons (Fsp3) is 0.421. The van der Waals surface area contributed by atoms with E-state index in [2.05, 4.69) is 10.2 Å². The minimum atomic E-state index is -4.56. The number of aromatic nitrogens is 4. The standard InChI is InChI=1S/C19H20ClF3N4O2S/c1-10-5-14(12(3)27(10)11(2)8-29-4)16(28)9-30-18-25-24-17-15(20)6-13(7-26(17)18)19(21,22)23/h5-7,11H,8-9H2,1-4H3/t11-/m1/s1. The minimum Gasteiger partial charge on any atom is -0.383 e. The van der Waals surface area contributed by atoms with Gasteiger partial charge in [0.2, 0.25) is 0 Å². The highest BCUT2D eigenvalue weighted by atomic mass is 35.5. The van der Waals surface area contributed by atoms with E-state index < -0.39 is 11.7 Å². The first kappa shape index (κ1) is 22.6. The number of ether oxygens (including phenoxy) is 1. The van der Waals surface area contributed by atoms with Crippen LogP contribution in [0.2, 0.25) is 5.02 Å². The van der Waals surface area contributed by atoms with Crippen molar-refractivity contribution < 1.29 is 22.7 Å². The number of aryl methyl sites for hydroxylation is 1. The molecule has 11 heteroatoms.